The van der Waals surface area contributed by atoms with Crippen molar-refractivity contribution in [1.29, 1.82) is 0 Å². The number of amides is 1. The summed E-state index contributed by atoms with van der Waals surface area (Å²) in [7, 11) is 4.04. The molecular weight excluding hydrogens is 343 g/mol. The highest BCUT2D eigenvalue weighted by Crippen LogP contribution is 2.30. The number of fused-ring (bicyclic) bond motifs is 1. The van der Waals surface area contributed by atoms with E-state index in [2.05, 4.69) is 23.1 Å². The van der Waals surface area contributed by atoms with Gasteiger partial charge in [-0.15, -0.1) is 0 Å². The Bertz CT molecular complexity index is 437. The van der Waals surface area contributed by atoms with Crippen molar-refractivity contribution in [2.75, 3.05) is 27.2 Å². The molecule has 0 aliphatic carbocycles. The minimum Gasteiger partial charge on any atom is -0.378 e. The molecule has 0 bridgehead atoms. The van der Waals surface area contributed by atoms with E-state index in [9.17, 15) is 4.79 Å². The maximum absolute atomic E-state index is 11.8. The molecule has 1 atom stereocenters. The first-order chi connectivity index (χ1) is 8.63. The number of hydrogen-bond acceptors (Lipinski definition) is 3. The molecule has 0 saturated carbocycles. The van der Waals surface area contributed by atoms with E-state index in [1.54, 1.807) is 23.0 Å². The van der Waals surface area contributed by atoms with Crippen molar-refractivity contribution >= 4 is 29.1 Å². The van der Waals surface area contributed by atoms with Gasteiger partial charge in [-0.25, -0.2) is 4.79 Å². The van der Waals surface area contributed by atoms with Gasteiger partial charge in [-0.05, 0) is 31.6 Å². The fourth-order valence-electron chi connectivity index (χ4n) is 2.46. The zero-order chi connectivity index (χ0) is 13.1. The Hall–Kier alpha value is -0.820. The van der Waals surface area contributed by atoms with Crippen molar-refractivity contribution in [2.45, 2.75) is 12.5 Å². The second-order valence-electron chi connectivity index (χ2n) is 4.76. The SMILES string of the molecule is CN(C)CC1c2ccccc2CCN1C(=O)OI. The van der Waals surface area contributed by atoms with Gasteiger partial charge >= 0.3 is 6.09 Å². The van der Waals surface area contributed by atoms with Crippen LogP contribution in [0.3, 0.4) is 0 Å². The third kappa shape index (κ3) is 2.77. The summed E-state index contributed by atoms with van der Waals surface area (Å²) in [5.41, 5.74) is 2.57. The van der Waals surface area contributed by atoms with Gasteiger partial charge in [-0.3, -0.25) is 4.90 Å². The zero-order valence-corrected chi connectivity index (χ0v) is 12.8. The average Bonchev–Trinajstić information content (AvgIpc) is 2.37. The molecule has 1 aromatic rings. The van der Waals surface area contributed by atoms with Crippen molar-refractivity contribution in [3.63, 3.8) is 0 Å². The Morgan fingerprint density at radius 2 is 2.22 bits per heavy atom. The molecule has 1 aromatic carbocycles. The molecule has 98 valence electrons. The molecule has 1 heterocycles. The van der Waals surface area contributed by atoms with Crippen LogP contribution in [0.4, 0.5) is 4.79 Å². The van der Waals surface area contributed by atoms with Crippen LogP contribution < -0.4 is 0 Å². The second kappa shape index (κ2) is 5.88. The predicted octanol–water partition coefficient (Wildman–Crippen LogP) is 2.63. The summed E-state index contributed by atoms with van der Waals surface area (Å²) in [6.45, 7) is 1.53. The van der Waals surface area contributed by atoms with E-state index < -0.39 is 0 Å². The number of benzene rings is 1. The summed E-state index contributed by atoms with van der Waals surface area (Å²) >= 11 is 1.65. The van der Waals surface area contributed by atoms with Crippen LogP contribution >= 0.6 is 23.0 Å². The lowest BCUT2D eigenvalue weighted by Crippen LogP contribution is -2.43. The Balaban J connectivity index is 2.33. The fourth-order valence-corrected chi connectivity index (χ4v) is 2.71. The van der Waals surface area contributed by atoms with Crippen LogP contribution in [0.15, 0.2) is 24.3 Å². The molecule has 18 heavy (non-hydrogen) atoms. The summed E-state index contributed by atoms with van der Waals surface area (Å²) in [6, 6.07) is 8.41. The maximum Gasteiger partial charge on any atom is 0.419 e. The molecule has 1 amide bonds. The smallest absolute Gasteiger partial charge is 0.378 e. The Kier molecular flexibility index (Phi) is 4.45. The third-order valence-corrected chi connectivity index (χ3v) is 3.63. The number of hydrogen-bond donors (Lipinski definition) is 0. The molecule has 0 radical (unpaired) electrons. The molecular formula is C13H17IN2O2. The molecule has 0 spiro atoms. The van der Waals surface area contributed by atoms with Gasteiger partial charge in [0.1, 0.15) is 0 Å². The molecule has 1 aliphatic heterocycles. The number of halogens is 1. The van der Waals surface area contributed by atoms with E-state index in [4.69, 9.17) is 3.07 Å². The van der Waals surface area contributed by atoms with E-state index in [0.29, 0.717) is 0 Å². The van der Waals surface area contributed by atoms with Crippen LogP contribution in [0, 0.1) is 0 Å². The zero-order valence-electron chi connectivity index (χ0n) is 10.6. The quantitative estimate of drug-likeness (QED) is 0.761. The van der Waals surface area contributed by atoms with Gasteiger partial charge < -0.3 is 7.97 Å². The van der Waals surface area contributed by atoms with Gasteiger partial charge in [0.05, 0.1) is 6.04 Å². The number of nitrogens with zero attached hydrogens (tertiary/aromatic N) is 2. The molecule has 0 saturated heterocycles. The monoisotopic (exact) mass is 360 g/mol. The minimum atomic E-state index is -0.253. The van der Waals surface area contributed by atoms with Gasteiger partial charge in [0, 0.05) is 13.1 Å². The van der Waals surface area contributed by atoms with Crippen LogP contribution in [0.1, 0.15) is 17.2 Å². The number of rotatable bonds is 2. The number of carbonyl (C=O) groups excluding carboxylic acids is 1. The lowest BCUT2D eigenvalue weighted by molar-refractivity contribution is 0.127. The third-order valence-electron chi connectivity index (χ3n) is 3.25. The summed E-state index contributed by atoms with van der Waals surface area (Å²) in [5.74, 6) is 0. The van der Waals surface area contributed by atoms with Crippen LogP contribution in [0.25, 0.3) is 0 Å². The Labute approximate surface area is 122 Å². The second-order valence-corrected chi connectivity index (χ2v) is 5.20. The number of carbonyl (C=O) groups is 1. The molecule has 4 nitrogen and oxygen atoms in total. The summed E-state index contributed by atoms with van der Waals surface area (Å²) in [6.07, 6.45) is 0.642. The summed E-state index contributed by atoms with van der Waals surface area (Å²) in [4.78, 5) is 15.8. The van der Waals surface area contributed by atoms with E-state index in [-0.39, 0.29) is 12.1 Å². The Morgan fingerprint density at radius 3 is 2.89 bits per heavy atom. The molecule has 2 rings (SSSR count). The van der Waals surface area contributed by atoms with Crippen molar-refractivity contribution in [1.82, 2.24) is 9.80 Å². The van der Waals surface area contributed by atoms with Crippen molar-refractivity contribution < 1.29 is 7.86 Å². The summed E-state index contributed by atoms with van der Waals surface area (Å²) < 4.78 is 4.86. The first kappa shape index (κ1) is 13.6. The fraction of sp³-hybridized carbons (Fsp3) is 0.462. The maximum atomic E-state index is 11.8. The molecule has 0 aromatic heterocycles. The highest BCUT2D eigenvalue weighted by molar-refractivity contribution is 14.1. The highest BCUT2D eigenvalue weighted by atomic mass is 127. The van der Waals surface area contributed by atoms with Crippen molar-refractivity contribution in [3.05, 3.63) is 35.4 Å². The standard InChI is InChI=1S/C13H17IN2O2/c1-15(2)9-12-11-6-4-3-5-10(11)7-8-16(12)13(17)18-14/h3-6,12H,7-9H2,1-2H3. The van der Waals surface area contributed by atoms with Gasteiger partial charge in [-0.1, -0.05) is 24.3 Å². The van der Waals surface area contributed by atoms with Crippen molar-refractivity contribution in [2.24, 2.45) is 0 Å². The van der Waals surface area contributed by atoms with Gasteiger partial charge in [0.25, 0.3) is 0 Å². The molecule has 0 N–H and O–H groups in total. The molecule has 1 unspecified atom stereocenters. The minimum absolute atomic E-state index is 0.0761. The lowest BCUT2D eigenvalue weighted by atomic mass is 9.92. The van der Waals surface area contributed by atoms with Crippen LogP contribution in [0.2, 0.25) is 0 Å². The van der Waals surface area contributed by atoms with E-state index in [0.717, 1.165) is 19.5 Å². The van der Waals surface area contributed by atoms with E-state index in [1.165, 1.54) is 11.1 Å². The topological polar surface area (TPSA) is 32.8 Å². The van der Waals surface area contributed by atoms with Gasteiger partial charge in [0.15, 0.2) is 23.0 Å². The van der Waals surface area contributed by atoms with E-state index in [1.807, 2.05) is 25.1 Å². The van der Waals surface area contributed by atoms with Gasteiger partial charge in [-0.2, -0.15) is 0 Å². The lowest BCUT2D eigenvalue weighted by Gasteiger charge is -2.37. The highest BCUT2D eigenvalue weighted by Gasteiger charge is 2.31. The van der Waals surface area contributed by atoms with E-state index >= 15 is 0 Å². The molecule has 5 heteroatoms. The summed E-state index contributed by atoms with van der Waals surface area (Å²) in [5, 5.41) is 0. The normalized spacial score (nSPS) is 18.7. The van der Waals surface area contributed by atoms with Crippen LogP contribution in [-0.4, -0.2) is 43.1 Å². The molecule has 0 fully saturated rings. The molecule has 1 aliphatic rings. The average molecular weight is 360 g/mol. The predicted molar refractivity (Wildman–Crippen MR) is 78.6 cm³/mol. The van der Waals surface area contributed by atoms with Crippen LogP contribution in [-0.2, 0) is 9.49 Å². The number of likely N-dealkylation sites (N-methyl/N-ethyl adjacent to an activating group) is 1. The Morgan fingerprint density at radius 1 is 1.50 bits per heavy atom. The largest absolute Gasteiger partial charge is 0.419 e. The first-order valence-corrected chi connectivity index (χ1v) is 6.83. The van der Waals surface area contributed by atoms with Crippen LogP contribution in [0.5, 0.6) is 0 Å². The van der Waals surface area contributed by atoms with Crippen molar-refractivity contribution in [3.8, 4) is 0 Å². The van der Waals surface area contributed by atoms with Gasteiger partial charge in [0.2, 0.25) is 0 Å². The first-order valence-electron chi connectivity index (χ1n) is 5.95.